The van der Waals surface area contributed by atoms with Crippen molar-refractivity contribution in [3.8, 4) is 0 Å². The quantitative estimate of drug-likeness (QED) is 0.261. The van der Waals surface area contributed by atoms with Gasteiger partial charge < -0.3 is 9.47 Å². The summed E-state index contributed by atoms with van der Waals surface area (Å²) in [5.41, 5.74) is 0.608. The number of carbonyl (C=O) groups excluding carboxylic acids is 1. The largest absolute Gasteiger partial charge is 0.456 e. The summed E-state index contributed by atoms with van der Waals surface area (Å²) in [5, 5.41) is 4.93. The molecule has 28 heavy (non-hydrogen) atoms. The molecule has 2 unspecified atom stereocenters. The van der Waals surface area contributed by atoms with E-state index < -0.39 is 5.60 Å². The maximum absolute atomic E-state index is 11.5. The van der Waals surface area contributed by atoms with Crippen LogP contribution in [-0.2, 0) is 14.3 Å². The molecular formula is C25H28O3. The molecule has 3 aromatic carbocycles. The number of esters is 1. The molecule has 0 aliphatic rings. The number of carbonyl (C=O) groups is 1. The second kappa shape index (κ2) is 8.57. The lowest BCUT2D eigenvalue weighted by Crippen LogP contribution is -2.32. The van der Waals surface area contributed by atoms with E-state index in [1.54, 1.807) is 0 Å². The van der Waals surface area contributed by atoms with Gasteiger partial charge in [0.25, 0.3) is 0 Å². The Morgan fingerprint density at radius 3 is 2.36 bits per heavy atom. The second-order valence-electron chi connectivity index (χ2n) is 7.50. The lowest BCUT2D eigenvalue weighted by atomic mass is 9.99. The van der Waals surface area contributed by atoms with Gasteiger partial charge in [-0.1, -0.05) is 49.9 Å². The summed E-state index contributed by atoms with van der Waals surface area (Å²) >= 11 is 0. The van der Waals surface area contributed by atoms with Gasteiger partial charge in [-0.15, -0.1) is 0 Å². The van der Waals surface area contributed by atoms with Crippen molar-refractivity contribution in [1.29, 1.82) is 0 Å². The molecule has 0 saturated carbocycles. The van der Waals surface area contributed by atoms with Crippen molar-refractivity contribution in [2.24, 2.45) is 0 Å². The van der Waals surface area contributed by atoms with Gasteiger partial charge in [0.1, 0.15) is 5.60 Å². The van der Waals surface area contributed by atoms with Gasteiger partial charge in [-0.3, -0.25) is 0 Å². The molecule has 2 atom stereocenters. The van der Waals surface area contributed by atoms with Gasteiger partial charge in [-0.05, 0) is 65.6 Å². The first kappa shape index (κ1) is 20.1. The molecule has 0 amide bonds. The van der Waals surface area contributed by atoms with E-state index in [0.717, 1.165) is 12.0 Å². The van der Waals surface area contributed by atoms with Gasteiger partial charge in [-0.2, -0.15) is 0 Å². The van der Waals surface area contributed by atoms with Crippen LogP contribution in [-0.4, -0.2) is 18.2 Å². The zero-order valence-electron chi connectivity index (χ0n) is 16.9. The molecule has 3 heteroatoms. The molecular weight excluding hydrogens is 348 g/mol. The summed E-state index contributed by atoms with van der Waals surface area (Å²) in [4.78, 5) is 11.5. The normalized spacial score (nSPS) is 14.5. The van der Waals surface area contributed by atoms with E-state index in [1.807, 2.05) is 13.8 Å². The summed E-state index contributed by atoms with van der Waals surface area (Å²) in [6.45, 7) is 9.98. The summed E-state index contributed by atoms with van der Waals surface area (Å²) in [6, 6.07) is 19.3. The minimum Gasteiger partial charge on any atom is -0.456 e. The standard InChI is InChI=1S/C25H28O3/c1-5-24(26)28-25(4,6-2)13-14-27-18(3)19-11-12-22-16-20-9-7-8-10-21(20)17-23(22)15-19/h5,7-12,15-18H,1,6,13-14H2,2-4H3. The van der Waals surface area contributed by atoms with E-state index in [2.05, 4.69) is 68.1 Å². The molecule has 0 heterocycles. The third-order valence-corrected chi connectivity index (χ3v) is 5.46. The van der Waals surface area contributed by atoms with Crippen LogP contribution in [0.15, 0.2) is 67.3 Å². The molecule has 146 valence electrons. The molecule has 0 N–H and O–H groups in total. The molecule has 3 rings (SSSR count). The highest BCUT2D eigenvalue weighted by Crippen LogP contribution is 2.28. The van der Waals surface area contributed by atoms with E-state index in [4.69, 9.17) is 9.47 Å². The van der Waals surface area contributed by atoms with E-state index in [1.165, 1.54) is 27.6 Å². The highest BCUT2D eigenvalue weighted by molar-refractivity contribution is 5.98. The number of ether oxygens (including phenoxy) is 2. The molecule has 0 radical (unpaired) electrons. The van der Waals surface area contributed by atoms with Gasteiger partial charge in [0.05, 0.1) is 12.7 Å². The highest BCUT2D eigenvalue weighted by Gasteiger charge is 2.26. The zero-order valence-corrected chi connectivity index (χ0v) is 16.9. The monoisotopic (exact) mass is 376 g/mol. The molecule has 0 saturated heterocycles. The fourth-order valence-electron chi connectivity index (χ4n) is 3.34. The smallest absolute Gasteiger partial charge is 0.330 e. The number of fused-ring (bicyclic) bond motifs is 2. The molecule has 0 bridgehead atoms. The topological polar surface area (TPSA) is 35.5 Å². The van der Waals surface area contributed by atoms with E-state index in [-0.39, 0.29) is 12.1 Å². The predicted octanol–water partition coefficient (Wildman–Crippen LogP) is 6.36. The summed E-state index contributed by atoms with van der Waals surface area (Å²) in [5.74, 6) is -0.390. The third kappa shape index (κ3) is 4.60. The predicted molar refractivity (Wildman–Crippen MR) is 115 cm³/mol. The van der Waals surface area contributed by atoms with Gasteiger partial charge in [-0.25, -0.2) is 4.79 Å². The van der Waals surface area contributed by atoms with Crippen LogP contribution >= 0.6 is 0 Å². The van der Waals surface area contributed by atoms with Gasteiger partial charge in [0.2, 0.25) is 0 Å². The minimum absolute atomic E-state index is 0.0351. The summed E-state index contributed by atoms with van der Waals surface area (Å²) in [7, 11) is 0. The first-order valence-electron chi connectivity index (χ1n) is 9.83. The number of hydrogen-bond donors (Lipinski definition) is 0. The average molecular weight is 376 g/mol. The van der Waals surface area contributed by atoms with Gasteiger partial charge in [0, 0.05) is 12.5 Å². The van der Waals surface area contributed by atoms with Crippen LogP contribution in [0.2, 0.25) is 0 Å². The van der Waals surface area contributed by atoms with Crippen LogP contribution in [0.3, 0.4) is 0 Å². The van der Waals surface area contributed by atoms with Crippen LogP contribution in [0.4, 0.5) is 0 Å². The van der Waals surface area contributed by atoms with Crippen molar-refractivity contribution in [2.75, 3.05) is 6.61 Å². The second-order valence-corrected chi connectivity index (χ2v) is 7.50. The van der Waals surface area contributed by atoms with E-state index >= 15 is 0 Å². The Balaban J connectivity index is 1.69. The Hall–Kier alpha value is -2.65. The lowest BCUT2D eigenvalue weighted by Gasteiger charge is -2.28. The maximum atomic E-state index is 11.5. The molecule has 0 aromatic heterocycles. The van der Waals surface area contributed by atoms with Crippen molar-refractivity contribution in [2.45, 2.75) is 45.3 Å². The van der Waals surface area contributed by atoms with Crippen molar-refractivity contribution in [3.63, 3.8) is 0 Å². The van der Waals surface area contributed by atoms with Crippen LogP contribution in [0.25, 0.3) is 21.5 Å². The molecule has 3 nitrogen and oxygen atoms in total. The molecule has 0 spiro atoms. The Morgan fingerprint density at radius 1 is 1.07 bits per heavy atom. The van der Waals surface area contributed by atoms with Crippen LogP contribution in [0.5, 0.6) is 0 Å². The SMILES string of the molecule is C=CC(=O)OC(C)(CC)CCOC(C)c1ccc2cc3ccccc3cc2c1. The first-order chi connectivity index (χ1) is 13.4. The molecule has 3 aromatic rings. The Kier molecular flexibility index (Phi) is 6.15. The number of hydrogen-bond acceptors (Lipinski definition) is 3. The Bertz CT molecular complexity index is 991. The maximum Gasteiger partial charge on any atom is 0.330 e. The fourth-order valence-corrected chi connectivity index (χ4v) is 3.34. The highest BCUT2D eigenvalue weighted by atomic mass is 16.6. The van der Waals surface area contributed by atoms with Crippen LogP contribution < -0.4 is 0 Å². The fraction of sp³-hybridized carbons (Fsp3) is 0.320. The average Bonchev–Trinajstić information content (AvgIpc) is 2.71. The van der Waals surface area contributed by atoms with Crippen molar-refractivity contribution < 1.29 is 14.3 Å². The van der Waals surface area contributed by atoms with Crippen LogP contribution in [0.1, 0.15) is 45.3 Å². The van der Waals surface area contributed by atoms with E-state index in [0.29, 0.717) is 13.0 Å². The van der Waals surface area contributed by atoms with Crippen molar-refractivity contribution in [1.82, 2.24) is 0 Å². The molecule has 0 aliphatic carbocycles. The van der Waals surface area contributed by atoms with Crippen LogP contribution in [0, 0.1) is 0 Å². The molecule has 0 fully saturated rings. The van der Waals surface area contributed by atoms with E-state index in [9.17, 15) is 4.79 Å². The molecule has 0 aliphatic heterocycles. The Morgan fingerprint density at radius 2 is 1.71 bits per heavy atom. The lowest BCUT2D eigenvalue weighted by molar-refractivity contribution is -0.154. The number of benzene rings is 3. The Labute approximate surface area is 167 Å². The third-order valence-electron chi connectivity index (χ3n) is 5.46. The zero-order chi connectivity index (χ0) is 20.1. The number of rotatable bonds is 8. The minimum atomic E-state index is -0.534. The van der Waals surface area contributed by atoms with Crippen molar-refractivity contribution in [3.05, 3.63) is 72.8 Å². The van der Waals surface area contributed by atoms with Gasteiger partial charge >= 0.3 is 5.97 Å². The summed E-state index contributed by atoms with van der Waals surface area (Å²) < 4.78 is 11.5. The van der Waals surface area contributed by atoms with Gasteiger partial charge in [0.15, 0.2) is 0 Å². The summed E-state index contributed by atoms with van der Waals surface area (Å²) in [6.07, 6.45) is 2.54. The van der Waals surface area contributed by atoms with Crippen molar-refractivity contribution >= 4 is 27.5 Å². The first-order valence-corrected chi connectivity index (χ1v) is 9.83.